The van der Waals surface area contributed by atoms with E-state index < -0.39 is 0 Å². The maximum absolute atomic E-state index is 12.1. The summed E-state index contributed by atoms with van der Waals surface area (Å²) in [6.45, 7) is 0. The molecule has 3 rings (SSSR count). The second-order valence-electron chi connectivity index (χ2n) is 5.44. The number of benzene rings is 2. The molecule has 2 aromatic carbocycles. The smallest absolute Gasteiger partial charge is 0.250 e. The molecule has 29 heavy (non-hydrogen) atoms. The fourth-order valence-electron chi connectivity index (χ4n) is 2.20. The average molecular weight is 542 g/mol. The third kappa shape index (κ3) is 5.14. The van der Waals surface area contributed by atoms with E-state index in [9.17, 15) is 9.90 Å². The van der Waals surface area contributed by atoms with E-state index in [4.69, 9.17) is 4.74 Å². The van der Waals surface area contributed by atoms with Gasteiger partial charge in [0.05, 0.1) is 29.2 Å². The van der Waals surface area contributed by atoms with Crippen molar-refractivity contribution in [3.05, 3.63) is 50.9 Å². The molecule has 3 aromatic rings. The molecule has 1 aromatic heterocycles. The van der Waals surface area contributed by atoms with E-state index in [1.54, 1.807) is 10.7 Å². The number of hydrogen-bond donors (Lipinski definition) is 2. The van der Waals surface area contributed by atoms with Crippen LogP contribution in [0.15, 0.2) is 55.6 Å². The number of hydrogen-bond acceptors (Lipinski definition) is 8. The number of phenols is 1. The van der Waals surface area contributed by atoms with Crippen LogP contribution in [0, 0.1) is 0 Å². The van der Waals surface area contributed by atoms with Gasteiger partial charge >= 0.3 is 0 Å². The summed E-state index contributed by atoms with van der Waals surface area (Å²) in [5.74, 6) is -0.00653. The van der Waals surface area contributed by atoms with Crippen molar-refractivity contribution in [1.29, 1.82) is 0 Å². The van der Waals surface area contributed by atoms with E-state index in [1.165, 1.54) is 25.1 Å². The van der Waals surface area contributed by atoms with Crippen LogP contribution in [0.25, 0.3) is 5.69 Å². The Morgan fingerprint density at radius 1 is 1.34 bits per heavy atom. The van der Waals surface area contributed by atoms with Crippen LogP contribution in [0.5, 0.6) is 11.5 Å². The van der Waals surface area contributed by atoms with Crippen molar-refractivity contribution in [1.82, 2.24) is 25.6 Å². The Labute approximate surface area is 186 Å². The lowest BCUT2D eigenvalue weighted by molar-refractivity contribution is -0.118. The quantitative estimate of drug-likeness (QED) is 0.268. The number of methoxy groups -OCH3 is 1. The van der Waals surface area contributed by atoms with Crippen molar-refractivity contribution in [2.75, 3.05) is 12.9 Å². The summed E-state index contributed by atoms with van der Waals surface area (Å²) in [7, 11) is 1.44. The zero-order valence-corrected chi connectivity index (χ0v) is 18.9. The van der Waals surface area contributed by atoms with Crippen LogP contribution in [-0.2, 0) is 4.79 Å². The van der Waals surface area contributed by atoms with Gasteiger partial charge in [-0.1, -0.05) is 30.0 Å². The third-order valence-electron chi connectivity index (χ3n) is 3.56. The minimum absolute atomic E-state index is 0.0342. The predicted molar refractivity (Wildman–Crippen MR) is 116 cm³/mol. The maximum Gasteiger partial charge on any atom is 0.250 e. The number of nitrogens with zero attached hydrogens (tertiary/aromatic N) is 5. The topological polar surface area (TPSA) is 115 Å². The first-order chi connectivity index (χ1) is 14.0. The van der Waals surface area contributed by atoms with Gasteiger partial charge in [0.25, 0.3) is 5.91 Å². The molecule has 0 saturated heterocycles. The van der Waals surface area contributed by atoms with E-state index in [-0.39, 0.29) is 23.2 Å². The van der Waals surface area contributed by atoms with Crippen LogP contribution >= 0.6 is 43.6 Å². The summed E-state index contributed by atoms with van der Waals surface area (Å²) in [5.41, 5.74) is 3.85. The Hall–Kier alpha value is -2.44. The summed E-state index contributed by atoms with van der Waals surface area (Å²) < 4.78 is 7.65. The normalized spacial score (nSPS) is 11.0. The Balaban J connectivity index is 1.61. The van der Waals surface area contributed by atoms with E-state index >= 15 is 0 Å². The van der Waals surface area contributed by atoms with Crippen molar-refractivity contribution in [3.63, 3.8) is 0 Å². The number of aromatic nitrogens is 4. The Kier molecular flexibility index (Phi) is 7.23. The highest BCUT2D eigenvalue weighted by atomic mass is 79.9. The monoisotopic (exact) mass is 540 g/mol. The van der Waals surface area contributed by atoms with Gasteiger partial charge in [0.1, 0.15) is 0 Å². The number of para-hydroxylation sites is 1. The number of nitrogens with one attached hydrogen (secondary N) is 1. The number of rotatable bonds is 7. The largest absolute Gasteiger partial charge is 0.503 e. The van der Waals surface area contributed by atoms with Crippen molar-refractivity contribution in [2.45, 2.75) is 5.16 Å². The lowest BCUT2D eigenvalue weighted by Gasteiger charge is -2.09. The molecule has 1 amide bonds. The molecule has 0 atom stereocenters. The number of thioether (sulfide) groups is 1. The van der Waals surface area contributed by atoms with E-state index in [0.29, 0.717) is 19.7 Å². The molecule has 0 fully saturated rings. The van der Waals surface area contributed by atoms with Crippen molar-refractivity contribution in [2.24, 2.45) is 5.10 Å². The second-order valence-corrected chi connectivity index (χ2v) is 7.96. The summed E-state index contributed by atoms with van der Waals surface area (Å²) in [6, 6.07) is 11.0. The number of carbonyl (C=O) groups is 1. The van der Waals surface area contributed by atoms with Crippen LogP contribution in [0.4, 0.5) is 0 Å². The molecule has 0 aliphatic carbocycles. The molecule has 1 heterocycles. The average Bonchev–Trinajstić information content (AvgIpc) is 3.21. The predicted octanol–water partition coefficient (Wildman–Crippen LogP) is 3.14. The van der Waals surface area contributed by atoms with E-state index in [0.717, 1.165) is 5.69 Å². The number of halogens is 2. The van der Waals surface area contributed by atoms with Gasteiger partial charge in [-0.2, -0.15) is 9.78 Å². The molecule has 0 aliphatic rings. The third-order valence-corrected chi connectivity index (χ3v) is 6.64. The number of carbonyl (C=O) groups excluding carboxylic acids is 1. The first-order valence-electron chi connectivity index (χ1n) is 8.04. The number of amides is 1. The highest BCUT2D eigenvalue weighted by molar-refractivity contribution is 9.13. The minimum Gasteiger partial charge on any atom is -0.503 e. The molecule has 9 nitrogen and oxygen atoms in total. The van der Waals surface area contributed by atoms with Crippen LogP contribution in [0.1, 0.15) is 5.56 Å². The SMILES string of the molecule is COc1cc(/C=N\NC(=O)CSc2nnnn2-c2ccccc2)c(Br)c(Br)c1O. The molecule has 0 unspecified atom stereocenters. The van der Waals surface area contributed by atoms with Gasteiger partial charge in [-0.05, 0) is 60.5 Å². The van der Waals surface area contributed by atoms with Crippen molar-refractivity contribution < 1.29 is 14.6 Å². The lowest BCUT2D eigenvalue weighted by atomic mass is 10.2. The molecule has 0 bridgehead atoms. The molecule has 0 aliphatic heterocycles. The van der Waals surface area contributed by atoms with Gasteiger partial charge in [-0.3, -0.25) is 4.79 Å². The number of hydrazone groups is 1. The summed E-state index contributed by atoms with van der Waals surface area (Å²) in [4.78, 5) is 12.1. The standard InChI is InChI=1S/C17H14Br2N6O3S/c1-28-12-7-10(14(18)15(19)16(12)27)8-20-21-13(26)9-29-17-22-23-24-25(17)11-5-3-2-4-6-11/h2-8,27H,9H2,1H3,(H,21,26)/b20-8-. The first-order valence-corrected chi connectivity index (χ1v) is 10.6. The lowest BCUT2D eigenvalue weighted by Crippen LogP contribution is -2.20. The van der Waals surface area contributed by atoms with Crippen LogP contribution < -0.4 is 10.2 Å². The molecule has 150 valence electrons. The van der Waals surface area contributed by atoms with Gasteiger partial charge < -0.3 is 9.84 Å². The molecule has 2 N–H and O–H groups in total. The zero-order chi connectivity index (χ0) is 20.8. The number of aromatic hydroxyl groups is 1. The molecule has 0 spiro atoms. The van der Waals surface area contributed by atoms with Gasteiger partial charge in [0.2, 0.25) is 5.16 Å². The molecule has 12 heteroatoms. The molecular formula is C17H14Br2N6O3S. The van der Waals surface area contributed by atoms with Crippen LogP contribution in [0.3, 0.4) is 0 Å². The molecule has 0 saturated carbocycles. The fourth-order valence-corrected chi connectivity index (χ4v) is 3.71. The summed E-state index contributed by atoms with van der Waals surface area (Å²) in [6.07, 6.45) is 1.44. The second kappa shape index (κ2) is 9.85. The van der Waals surface area contributed by atoms with Crippen LogP contribution in [-0.4, -0.2) is 50.3 Å². The summed E-state index contributed by atoms with van der Waals surface area (Å²) >= 11 is 7.81. The minimum atomic E-state index is -0.324. The van der Waals surface area contributed by atoms with Gasteiger partial charge in [0, 0.05) is 10.0 Å². The van der Waals surface area contributed by atoms with Gasteiger partial charge in [-0.25, -0.2) is 5.43 Å². The zero-order valence-electron chi connectivity index (χ0n) is 14.9. The Morgan fingerprint density at radius 2 is 2.10 bits per heavy atom. The Morgan fingerprint density at radius 3 is 2.83 bits per heavy atom. The maximum atomic E-state index is 12.1. The summed E-state index contributed by atoms with van der Waals surface area (Å²) in [5, 5.41) is 25.9. The number of phenolic OH excluding ortho intramolecular Hbond substituents is 1. The number of ether oxygens (including phenoxy) is 1. The van der Waals surface area contributed by atoms with Gasteiger partial charge in [-0.15, -0.1) is 5.10 Å². The Bertz CT molecular complexity index is 1050. The molecule has 0 radical (unpaired) electrons. The first kappa shape index (κ1) is 21.3. The highest BCUT2D eigenvalue weighted by Gasteiger charge is 2.14. The fraction of sp³-hybridized carbons (Fsp3) is 0.118. The van der Waals surface area contributed by atoms with E-state index in [1.807, 2.05) is 30.3 Å². The number of tetrazole rings is 1. The van der Waals surface area contributed by atoms with Crippen molar-refractivity contribution in [3.8, 4) is 17.2 Å². The van der Waals surface area contributed by atoms with Crippen molar-refractivity contribution >= 4 is 55.7 Å². The van der Waals surface area contributed by atoms with E-state index in [2.05, 4.69) is 57.9 Å². The van der Waals surface area contributed by atoms with Gasteiger partial charge in [0.15, 0.2) is 11.5 Å². The highest BCUT2D eigenvalue weighted by Crippen LogP contribution is 2.41. The van der Waals surface area contributed by atoms with Crippen LogP contribution in [0.2, 0.25) is 0 Å². The molecular weight excluding hydrogens is 528 g/mol.